The van der Waals surface area contributed by atoms with Gasteiger partial charge in [0.25, 0.3) is 0 Å². The molecule has 6 rings (SSSR count). The molecule has 2 bridgehead atoms. The number of ether oxygens (including phenoxy) is 1. The molecule has 1 unspecified atom stereocenters. The number of aromatic nitrogens is 1. The van der Waals surface area contributed by atoms with Crippen LogP contribution in [-0.4, -0.2) is 29.8 Å². The number of fused-ring (bicyclic) bond motifs is 4. The molecule has 3 atom stereocenters. The molecule has 1 aromatic carbocycles. The number of halogens is 2. The molecule has 5 nitrogen and oxygen atoms in total. The summed E-state index contributed by atoms with van der Waals surface area (Å²) in [6.07, 6.45) is 6.43. The van der Waals surface area contributed by atoms with Crippen molar-refractivity contribution < 1.29 is 14.1 Å². The van der Waals surface area contributed by atoms with Crippen molar-refractivity contribution >= 4 is 29.2 Å². The molecule has 0 spiro atoms. The van der Waals surface area contributed by atoms with Gasteiger partial charge in [-0.15, -0.1) is 0 Å². The maximum atomic E-state index is 12.9. The average Bonchev–Trinajstić information content (AvgIpc) is 3.50. The van der Waals surface area contributed by atoms with E-state index >= 15 is 0 Å². The fourth-order valence-electron chi connectivity index (χ4n) is 4.71. The Bertz CT molecular complexity index is 883. The van der Waals surface area contributed by atoms with Gasteiger partial charge in [-0.2, -0.15) is 0 Å². The van der Waals surface area contributed by atoms with Gasteiger partial charge in [-0.25, -0.2) is 0 Å². The topological polar surface area (TPSA) is 64.4 Å². The number of nitrogens with one attached hydrogen (secondary N) is 1. The van der Waals surface area contributed by atoms with Gasteiger partial charge >= 0.3 is 5.97 Å². The van der Waals surface area contributed by atoms with Gasteiger partial charge in [-0.3, -0.25) is 4.79 Å². The lowest BCUT2D eigenvalue weighted by Crippen LogP contribution is -2.36. The highest BCUT2D eigenvalue weighted by molar-refractivity contribution is 6.39. The number of nitrogens with zero attached hydrogens (tertiary/aromatic N) is 1. The summed E-state index contributed by atoms with van der Waals surface area (Å²) in [4.78, 5) is 12.9. The zero-order chi connectivity index (χ0) is 20.0. The second-order valence-electron chi connectivity index (χ2n) is 8.55. The van der Waals surface area contributed by atoms with Crippen LogP contribution < -0.4 is 5.32 Å². The van der Waals surface area contributed by atoms with Crippen LogP contribution in [0.4, 0.5) is 0 Å². The molecule has 2 saturated heterocycles. The molecule has 0 radical (unpaired) electrons. The average molecular weight is 435 g/mol. The minimum Gasteiger partial charge on any atom is -0.462 e. The van der Waals surface area contributed by atoms with Crippen LogP contribution >= 0.6 is 23.2 Å². The molecule has 2 aromatic rings. The number of rotatable bonds is 5. The van der Waals surface area contributed by atoms with Gasteiger partial charge in [0.1, 0.15) is 17.6 Å². The Hall–Kier alpha value is -1.56. The van der Waals surface area contributed by atoms with Gasteiger partial charge in [0.15, 0.2) is 0 Å². The normalized spacial score (nSPS) is 26.3. The summed E-state index contributed by atoms with van der Waals surface area (Å²) in [5.74, 6) is 1.46. The van der Waals surface area contributed by atoms with Crippen LogP contribution in [0, 0.1) is 5.92 Å². The summed E-state index contributed by atoms with van der Waals surface area (Å²) in [6, 6.07) is 5.79. The Morgan fingerprint density at radius 1 is 1.17 bits per heavy atom. The second-order valence-corrected chi connectivity index (χ2v) is 9.37. The third kappa shape index (κ3) is 4.05. The van der Waals surface area contributed by atoms with Crippen LogP contribution in [0.1, 0.15) is 55.8 Å². The number of carbonyl (C=O) groups is 1. The van der Waals surface area contributed by atoms with E-state index < -0.39 is 0 Å². The molecule has 2 aliphatic heterocycles. The van der Waals surface area contributed by atoms with Gasteiger partial charge < -0.3 is 14.6 Å². The number of benzene rings is 1. The molecule has 3 heterocycles. The summed E-state index contributed by atoms with van der Waals surface area (Å²) < 4.78 is 11.6. The van der Waals surface area contributed by atoms with Crippen LogP contribution in [0.3, 0.4) is 0 Å². The first kappa shape index (κ1) is 19.4. The van der Waals surface area contributed by atoms with Crippen molar-refractivity contribution in [2.75, 3.05) is 6.54 Å². The standard InChI is InChI=1S/C22H24Cl2N2O3/c23-17-2-1-3-18(24)20(17)21-16(22(29-26-21)13-5-6-13)10-19(27)28-15-8-12-4-7-14(9-15)25-11-12/h1-3,12-15,25H,4-11H2/t12?,14-,15-/m0/s1. The van der Waals surface area contributed by atoms with Gasteiger partial charge in [-0.1, -0.05) is 34.4 Å². The predicted molar refractivity (Wildman–Crippen MR) is 111 cm³/mol. The molecule has 2 aliphatic carbocycles. The van der Waals surface area contributed by atoms with E-state index in [9.17, 15) is 4.79 Å². The highest BCUT2D eigenvalue weighted by Gasteiger charge is 2.36. The van der Waals surface area contributed by atoms with Gasteiger partial charge in [-0.05, 0) is 63.1 Å². The fourth-order valence-corrected chi connectivity index (χ4v) is 5.29. The van der Waals surface area contributed by atoms with Crippen molar-refractivity contribution in [2.24, 2.45) is 5.92 Å². The molecule has 0 amide bonds. The molecular formula is C22H24Cl2N2O3. The first-order chi connectivity index (χ1) is 14.1. The van der Waals surface area contributed by atoms with Gasteiger partial charge in [0.2, 0.25) is 0 Å². The Kier molecular flexibility index (Phi) is 5.31. The van der Waals surface area contributed by atoms with Crippen molar-refractivity contribution in [3.05, 3.63) is 39.6 Å². The third-order valence-electron chi connectivity index (χ3n) is 6.35. The minimum absolute atomic E-state index is 0.0217. The van der Waals surface area contributed by atoms with Crippen LogP contribution in [0.25, 0.3) is 11.3 Å². The lowest BCUT2D eigenvalue weighted by molar-refractivity contribution is -0.149. The summed E-state index contributed by atoms with van der Waals surface area (Å²) in [5, 5.41) is 8.81. The number of hydrogen-bond donors (Lipinski definition) is 1. The number of carbonyl (C=O) groups excluding carboxylic acids is 1. The van der Waals surface area contributed by atoms with Crippen molar-refractivity contribution in [1.29, 1.82) is 0 Å². The van der Waals surface area contributed by atoms with Gasteiger partial charge in [0, 0.05) is 23.1 Å². The van der Waals surface area contributed by atoms with Crippen LogP contribution in [-0.2, 0) is 16.0 Å². The predicted octanol–water partition coefficient (Wildman–Crippen LogP) is 5.14. The first-order valence-electron chi connectivity index (χ1n) is 10.4. The molecule has 7 heteroatoms. The first-order valence-corrected chi connectivity index (χ1v) is 11.2. The Balaban J connectivity index is 1.39. The van der Waals surface area contributed by atoms with E-state index in [-0.39, 0.29) is 18.5 Å². The number of esters is 1. The second kappa shape index (κ2) is 7.93. The summed E-state index contributed by atoms with van der Waals surface area (Å²) in [7, 11) is 0. The Morgan fingerprint density at radius 2 is 1.97 bits per heavy atom. The molecule has 154 valence electrons. The van der Waals surface area contributed by atoms with Crippen LogP contribution in [0.5, 0.6) is 0 Å². The Morgan fingerprint density at radius 3 is 2.66 bits per heavy atom. The summed E-state index contributed by atoms with van der Waals surface area (Å²) >= 11 is 12.8. The monoisotopic (exact) mass is 434 g/mol. The van der Waals surface area contributed by atoms with E-state index in [4.69, 9.17) is 32.5 Å². The molecule has 2 saturated carbocycles. The van der Waals surface area contributed by atoms with Crippen LogP contribution in [0.15, 0.2) is 22.7 Å². The van der Waals surface area contributed by atoms with E-state index in [2.05, 4.69) is 10.5 Å². The SMILES string of the molecule is O=C(Cc1c(-c2c(Cl)cccc2Cl)noc1C1CC1)O[C@H]1CC2CC[C@@H](C1)NC2. The zero-order valence-corrected chi connectivity index (χ0v) is 17.6. The number of hydrogen-bond acceptors (Lipinski definition) is 5. The van der Waals surface area contributed by atoms with Crippen molar-refractivity contribution in [1.82, 2.24) is 10.5 Å². The zero-order valence-electron chi connectivity index (χ0n) is 16.1. The van der Waals surface area contributed by atoms with Crippen molar-refractivity contribution in [2.45, 2.75) is 63.0 Å². The largest absolute Gasteiger partial charge is 0.462 e. The van der Waals surface area contributed by atoms with E-state index in [1.165, 1.54) is 12.8 Å². The lowest BCUT2D eigenvalue weighted by Gasteiger charge is -2.23. The smallest absolute Gasteiger partial charge is 0.310 e. The van der Waals surface area contributed by atoms with E-state index in [0.29, 0.717) is 39.2 Å². The highest BCUT2D eigenvalue weighted by Crippen LogP contribution is 2.46. The third-order valence-corrected chi connectivity index (χ3v) is 6.98. The summed E-state index contributed by atoms with van der Waals surface area (Å²) in [6.45, 7) is 1.03. The lowest BCUT2D eigenvalue weighted by atomic mass is 9.97. The highest BCUT2D eigenvalue weighted by atomic mass is 35.5. The maximum Gasteiger partial charge on any atom is 0.310 e. The van der Waals surface area contributed by atoms with E-state index in [1.807, 2.05) is 0 Å². The van der Waals surface area contributed by atoms with Crippen molar-refractivity contribution in [3.63, 3.8) is 0 Å². The van der Waals surface area contributed by atoms with E-state index in [0.717, 1.165) is 43.6 Å². The quantitative estimate of drug-likeness (QED) is 0.659. The molecular weight excluding hydrogens is 411 g/mol. The molecule has 1 N–H and O–H groups in total. The molecule has 4 aliphatic rings. The molecule has 4 fully saturated rings. The van der Waals surface area contributed by atoms with E-state index in [1.54, 1.807) is 18.2 Å². The maximum absolute atomic E-state index is 12.9. The van der Waals surface area contributed by atoms with Crippen LogP contribution in [0.2, 0.25) is 10.0 Å². The van der Waals surface area contributed by atoms with Gasteiger partial charge in [0.05, 0.1) is 16.5 Å². The Labute approximate surface area is 180 Å². The molecule has 29 heavy (non-hydrogen) atoms. The molecule has 1 aromatic heterocycles. The number of piperidine rings is 1. The fraction of sp³-hybridized carbons (Fsp3) is 0.545. The summed E-state index contributed by atoms with van der Waals surface area (Å²) in [5.41, 5.74) is 1.94. The minimum atomic E-state index is -0.231. The van der Waals surface area contributed by atoms with Crippen molar-refractivity contribution in [3.8, 4) is 11.3 Å².